The molecule has 0 bridgehead atoms. The molecular weight excluding hydrogens is 493 g/mol. The molecule has 0 aliphatic carbocycles. The number of methoxy groups -OCH3 is 2. The van der Waals surface area contributed by atoms with E-state index < -0.39 is 45.9 Å². The number of amides is 2. The monoisotopic (exact) mass is 510 g/mol. The SMILES string of the molecule is [2H]C([2H])([2H])Oc1nc(C)nc(NC(=O)NS(=O)(=O)c2cc(I)ccc2C(=O)OC)n1. The van der Waals surface area contributed by atoms with Crippen LogP contribution in [0.15, 0.2) is 23.1 Å². The molecule has 0 saturated carbocycles. The fraction of sp³-hybridized carbons (Fsp3) is 0.214. The Hall–Kier alpha value is -2.55. The number of anilines is 1. The van der Waals surface area contributed by atoms with Crippen molar-refractivity contribution < 1.29 is 31.6 Å². The molecule has 0 aliphatic rings. The molecule has 0 radical (unpaired) electrons. The largest absolute Gasteiger partial charge is 0.467 e. The first kappa shape index (κ1) is 16.6. The average molecular weight is 510 g/mol. The number of esters is 1. The summed E-state index contributed by atoms with van der Waals surface area (Å²) in [7, 11) is -6.26. The van der Waals surface area contributed by atoms with Gasteiger partial charge in [0.05, 0.1) is 23.8 Å². The maximum Gasteiger partial charge on any atom is 0.339 e. The molecule has 0 atom stereocenters. The maximum absolute atomic E-state index is 12.6. The molecular formula is C14H14IN5O6S. The third-order valence-electron chi connectivity index (χ3n) is 2.91. The zero-order valence-electron chi connectivity index (χ0n) is 16.8. The Bertz CT molecular complexity index is 1100. The molecule has 2 aromatic rings. The molecule has 11 nitrogen and oxygen atoms in total. The van der Waals surface area contributed by atoms with Gasteiger partial charge in [-0.1, -0.05) is 0 Å². The van der Waals surface area contributed by atoms with Gasteiger partial charge in [-0.15, -0.1) is 0 Å². The molecule has 0 spiro atoms. The first-order valence-electron chi connectivity index (χ1n) is 8.44. The number of benzene rings is 1. The Morgan fingerprint density at radius 3 is 2.67 bits per heavy atom. The van der Waals surface area contributed by atoms with Crippen LogP contribution < -0.4 is 14.8 Å². The van der Waals surface area contributed by atoms with Gasteiger partial charge in [0.25, 0.3) is 10.0 Å². The molecule has 144 valence electrons. The van der Waals surface area contributed by atoms with Crippen LogP contribution in [-0.2, 0) is 14.8 Å². The molecule has 27 heavy (non-hydrogen) atoms. The van der Waals surface area contributed by atoms with Crippen molar-refractivity contribution in [3.8, 4) is 6.01 Å². The predicted molar refractivity (Wildman–Crippen MR) is 101 cm³/mol. The molecule has 2 rings (SSSR count). The summed E-state index contributed by atoms with van der Waals surface area (Å²) >= 11 is 1.84. The fourth-order valence-corrected chi connectivity index (χ4v) is 3.69. The Morgan fingerprint density at radius 1 is 1.26 bits per heavy atom. The van der Waals surface area contributed by atoms with Crippen molar-refractivity contribution in [2.24, 2.45) is 0 Å². The number of hydrogen-bond acceptors (Lipinski definition) is 9. The van der Waals surface area contributed by atoms with Gasteiger partial charge in [0.2, 0.25) is 5.95 Å². The van der Waals surface area contributed by atoms with Gasteiger partial charge in [-0.3, -0.25) is 5.32 Å². The van der Waals surface area contributed by atoms with Crippen LogP contribution in [0.3, 0.4) is 0 Å². The summed E-state index contributed by atoms with van der Waals surface area (Å²) in [5.41, 5.74) is -0.275. The number of urea groups is 1. The second kappa shape index (κ2) is 8.43. The third kappa shape index (κ3) is 5.22. The summed E-state index contributed by atoms with van der Waals surface area (Å²) in [4.78, 5) is 34.5. The lowest BCUT2D eigenvalue weighted by atomic mass is 10.2. The van der Waals surface area contributed by atoms with Crippen molar-refractivity contribution >= 4 is 50.6 Å². The van der Waals surface area contributed by atoms with Crippen molar-refractivity contribution in [1.82, 2.24) is 19.7 Å². The Labute approximate surface area is 172 Å². The van der Waals surface area contributed by atoms with Crippen molar-refractivity contribution in [3.05, 3.63) is 33.2 Å². The smallest absolute Gasteiger partial charge is 0.339 e. The van der Waals surface area contributed by atoms with Crippen molar-refractivity contribution in [1.29, 1.82) is 0 Å². The minimum absolute atomic E-state index is 0.00741. The number of carbonyl (C=O) groups is 2. The second-order valence-electron chi connectivity index (χ2n) is 4.78. The standard InChI is InChI=1S/C14H14IN5O6S/c1-7-16-12(19-14(17-7)26-3)18-13(22)20-27(23,24)10-6-8(15)4-5-9(10)11(21)25-2/h4-6H,1-3H3,(H2,16,17,18,19,20,22)/i3D3. The maximum atomic E-state index is 12.6. The number of rotatable bonds is 5. The van der Waals surface area contributed by atoms with Gasteiger partial charge in [-0.25, -0.2) is 22.7 Å². The molecule has 1 heterocycles. The number of sulfonamides is 1. The first-order chi connectivity index (χ1) is 13.8. The molecule has 2 N–H and O–H groups in total. The number of carbonyl (C=O) groups excluding carboxylic acids is 2. The highest BCUT2D eigenvalue weighted by Crippen LogP contribution is 2.20. The topological polar surface area (TPSA) is 149 Å². The fourth-order valence-electron chi connectivity index (χ4n) is 1.86. The van der Waals surface area contributed by atoms with Gasteiger partial charge in [0, 0.05) is 3.57 Å². The van der Waals surface area contributed by atoms with E-state index in [0.717, 1.165) is 7.11 Å². The van der Waals surface area contributed by atoms with Crippen LogP contribution in [0.1, 0.15) is 20.3 Å². The van der Waals surface area contributed by atoms with Crippen LogP contribution in [0.2, 0.25) is 0 Å². The molecule has 0 unspecified atom stereocenters. The lowest BCUT2D eigenvalue weighted by Gasteiger charge is -2.11. The van der Waals surface area contributed by atoms with Crippen molar-refractivity contribution in [2.45, 2.75) is 11.8 Å². The Morgan fingerprint density at radius 2 is 2.00 bits per heavy atom. The van der Waals surface area contributed by atoms with Gasteiger partial charge in [0.15, 0.2) is 0 Å². The Kier molecular flexibility index (Phi) is 5.18. The highest BCUT2D eigenvalue weighted by Gasteiger charge is 2.26. The number of aromatic nitrogens is 3. The number of ether oxygens (including phenoxy) is 2. The zero-order chi connectivity index (χ0) is 22.7. The summed E-state index contributed by atoms with van der Waals surface area (Å²) in [6, 6.07) is 2.05. The lowest BCUT2D eigenvalue weighted by molar-refractivity contribution is 0.0596. The molecule has 13 heteroatoms. The van der Waals surface area contributed by atoms with E-state index in [0.29, 0.717) is 3.57 Å². The van der Waals surface area contributed by atoms with Crippen LogP contribution in [0.4, 0.5) is 10.7 Å². The van der Waals surface area contributed by atoms with E-state index in [9.17, 15) is 18.0 Å². The van der Waals surface area contributed by atoms with Crippen LogP contribution in [0, 0.1) is 10.5 Å². The second-order valence-corrected chi connectivity index (χ2v) is 7.68. The number of halogens is 1. The summed E-state index contributed by atoms with van der Waals surface area (Å²) in [5, 5.41) is 2.04. The first-order valence-corrected chi connectivity index (χ1v) is 9.50. The summed E-state index contributed by atoms with van der Waals surface area (Å²) in [6.45, 7) is 1.38. The van der Waals surface area contributed by atoms with Gasteiger partial charge in [-0.2, -0.15) is 15.0 Å². The highest BCUT2D eigenvalue weighted by atomic mass is 127. The van der Waals surface area contributed by atoms with E-state index in [4.69, 9.17) is 4.11 Å². The normalized spacial score (nSPS) is 12.9. The van der Waals surface area contributed by atoms with Gasteiger partial charge in [-0.05, 0) is 47.7 Å². The minimum atomic E-state index is -4.50. The van der Waals surface area contributed by atoms with Gasteiger partial charge < -0.3 is 9.47 Å². The van der Waals surface area contributed by atoms with Crippen LogP contribution in [-0.4, -0.2) is 49.5 Å². The van der Waals surface area contributed by atoms with Crippen molar-refractivity contribution in [2.75, 3.05) is 19.5 Å². The van der Waals surface area contributed by atoms with E-state index in [2.05, 4.69) is 24.4 Å². The van der Waals surface area contributed by atoms with Crippen LogP contribution in [0.5, 0.6) is 6.01 Å². The summed E-state index contributed by atoms with van der Waals surface area (Å²) in [5.74, 6) is -1.36. The molecule has 1 aromatic carbocycles. The van der Waals surface area contributed by atoms with E-state index >= 15 is 0 Å². The molecule has 0 aliphatic heterocycles. The summed E-state index contributed by atoms with van der Waals surface area (Å²) in [6.07, 6.45) is 0. The number of nitrogens with zero attached hydrogens (tertiary/aromatic N) is 3. The van der Waals surface area contributed by atoms with Gasteiger partial charge in [0.1, 0.15) is 10.7 Å². The van der Waals surface area contributed by atoms with E-state index in [1.165, 1.54) is 25.1 Å². The van der Waals surface area contributed by atoms with E-state index in [1.54, 1.807) is 4.72 Å². The zero-order valence-corrected chi connectivity index (χ0v) is 16.8. The van der Waals surface area contributed by atoms with Gasteiger partial charge >= 0.3 is 18.0 Å². The van der Waals surface area contributed by atoms with Crippen molar-refractivity contribution in [3.63, 3.8) is 0 Å². The lowest BCUT2D eigenvalue weighted by Crippen LogP contribution is -2.35. The van der Waals surface area contributed by atoms with Crippen LogP contribution in [0.25, 0.3) is 0 Å². The van der Waals surface area contributed by atoms with E-state index in [-0.39, 0.29) is 11.4 Å². The third-order valence-corrected chi connectivity index (χ3v) is 4.95. The minimum Gasteiger partial charge on any atom is -0.467 e. The Balaban J connectivity index is 2.27. The number of hydrogen-bond donors (Lipinski definition) is 2. The van der Waals surface area contributed by atoms with Crippen LogP contribution >= 0.6 is 22.6 Å². The predicted octanol–water partition coefficient (Wildman–Crippen LogP) is 1.09. The highest BCUT2D eigenvalue weighted by molar-refractivity contribution is 14.1. The molecule has 0 fully saturated rings. The number of nitrogens with one attached hydrogen (secondary N) is 2. The molecule has 2 amide bonds. The molecule has 0 saturated heterocycles. The van der Waals surface area contributed by atoms with E-state index in [1.807, 2.05) is 27.9 Å². The number of aryl methyl sites for hydroxylation is 1. The molecule has 1 aromatic heterocycles. The summed E-state index contributed by atoms with van der Waals surface area (Å²) < 4.78 is 57.7. The quantitative estimate of drug-likeness (QED) is 0.445. The average Bonchev–Trinajstić information content (AvgIpc) is 2.58.